The molecule has 0 atom stereocenters. The van der Waals surface area contributed by atoms with E-state index in [1.165, 1.54) is 0 Å². The SMILES string of the molecule is Oc1ccc(C#CCCl)c(C(F)(F)F)c1. The molecule has 0 spiro atoms. The summed E-state index contributed by atoms with van der Waals surface area (Å²) < 4.78 is 37.3. The van der Waals surface area contributed by atoms with Crippen molar-refractivity contribution in [1.29, 1.82) is 0 Å². The number of rotatable bonds is 0. The molecule has 0 saturated heterocycles. The van der Waals surface area contributed by atoms with Crippen LogP contribution in [0.15, 0.2) is 18.2 Å². The molecule has 1 rings (SSSR count). The van der Waals surface area contributed by atoms with Gasteiger partial charge in [0.15, 0.2) is 0 Å². The van der Waals surface area contributed by atoms with Crippen molar-refractivity contribution in [3.05, 3.63) is 29.3 Å². The van der Waals surface area contributed by atoms with Gasteiger partial charge in [-0.2, -0.15) is 13.2 Å². The highest BCUT2D eigenvalue weighted by Crippen LogP contribution is 2.33. The van der Waals surface area contributed by atoms with Crippen LogP contribution in [0.5, 0.6) is 5.75 Å². The molecule has 15 heavy (non-hydrogen) atoms. The zero-order chi connectivity index (χ0) is 11.5. The molecule has 0 heterocycles. The Hall–Kier alpha value is -1.34. The molecule has 0 aliphatic rings. The van der Waals surface area contributed by atoms with E-state index in [-0.39, 0.29) is 11.4 Å². The van der Waals surface area contributed by atoms with E-state index in [9.17, 15) is 13.2 Å². The largest absolute Gasteiger partial charge is 0.508 e. The fraction of sp³-hybridized carbons (Fsp3) is 0.200. The normalized spacial score (nSPS) is 10.7. The Morgan fingerprint density at radius 3 is 2.53 bits per heavy atom. The fourth-order valence-corrected chi connectivity index (χ4v) is 1.07. The molecule has 0 bridgehead atoms. The van der Waals surface area contributed by atoms with Crippen LogP contribution in [0.3, 0.4) is 0 Å². The Bertz CT molecular complexity index is 415. The smallest absolute Gasteiger partial charge is 0.417 e. The van der Waals surface area contributed by atoms with E-state index >= 15 is 0 Å². The third-order valence-electron chi connectivity index (χ3n) is 1.60. The van der Waals surface area contributed by atoms with Crippen LogP contribution >= 0.6 is 11.6 Å². The van der Waals surface area contributed by atoms with E-state index in [2.05, 4.69) is 11.8 Å². The molecule has 5 heteroatoms. The number of phenols is 1. The van der Waals surface area contributed by atoms with Crippen LogP contribution in [-0.4, -0.2) is 11.0 Å². The van der Waals surface area contributed by atoms with Crippen LogP contribution < -0.4 is 0 Å². The number of benzene rings is 1. The fourth-order valence-electron chi connectivity index (χ4n) is 1.00. The van der Waals surface area contributed by atoms with Gasteiger partial charge in [-0.3, -0.25) is 0 Å². The van der Waals surface area contributed by atoms with Gasteiger partial charge in [-0.15, -0.1) is 11.6 Å². The zero-order valence-electron chi connectivity index (χ0n) is 7.40. The van der Waals surface area contributed by atoms with Crippen molar-refractivity contribution in [2.75, 3.05) is 5.88 Å². The molecular weight excluding hydrogens is 229 g/mol. The van der Waals surface area contributed by atoms with E-state index in [0.29, 0.717) is 6.07 Å². The molecule has 1 aromatic rings. The van der Waals surface area contributed by atoms with Crippen molar-refractivity contribution in [1.82, 2.24) is 0 Å². The summed E-state index contributed by atoms with van der Waals surface area (Å²) in [6, 6.07) is 2.89. The maximum absolute atomic E-state index is 12.4. The number of aromatic hydroxyl groups is 1. The Balaban J connectivity index is 3.27. The molecule has 0 unspecified atom stereocenters. The van der Waals surface area contributed by atoms with Gasteiger partial charge in [0.25, 0.3) is 0 Å². The van der Waals surface area contributed by atoms with Crippen LogP contribution in [0, 0.1) is 11.8 Å². The average molecular weight is 235 g/mol. The first-order chi connectivity index (χ1) is 6.95. The highest BCUT2D eigenvalue weighted by atomic mass is 35.5. The number of phenolic OH excluding ortho intramolecular Hbond substituents is 1. The lowest BCUT2D eigenvalue weighted by molar-refractivity contribution is -0.137. The molecule has 0 fully saturated rings. The van der Waals surface area contributed by atoms with Gasteiger partial charge in [-0.1, -0.05) is 11.8 Å². The molecule has 0 aliphatic heterocycles. The molecule has 0 saturated carbocycles. The van der Waals surface area contributed by atoms with Crippen LogP contribution in [0.25, 0.3) is 0 Å². The van der Waals surface area contributed by atoms with Gasteiger partial charge < -0.3 is 5.11 Å². The Kier molecular flexibility index (Phi) is 3.48. The third-order valence-corrected chi connectivity index (χ3v) is 1.73. The van der Waals surface area contributed by atoms with Gasteiger partial charge in [0, 0.05) is 5.56 Å². The van der Waals surface area contributed by atoms with E-state index in [1.54, 1.807) is 0 Å². The van der Waals surface area contributed by atoms with E-state index < -0.39 is 17.5 Å². The van der Waals surface area contributed by atoms with Gasteiger partial charge in [0.1, 0.15) is 5.75 Å². The van der Waals surface area contributed by atoms with Gasteiger partial charge in [0.2, 0.25) is 0 Å². The zero-order valence-corrected chi connectivity index (χ0v) is 8.15. The summed E-state index contributed by atoms with van der Waals surface area (Å²) in [7, 11) is 0. The summed E-state index contributed by atoms with van der Waals surface area (Å²) in [5.41, 5.74) is -1.15. The van der Waals surface area contributed by atoms with Gasteiger partial charge >= 0.3 is 6.18 Å². The second kappa shape index (κ2) is 4.45. The quantitative estimate of drug-likeness (QED) is 0.540. The minimum absolute atomic E-state index is 0.0435. The van der Waals surface area contributed by atoms with E-state index in [1.807, 2.05) is 0 Å². The summed E-state index contributed by atoms with van der Waals surface area (Å²) in [5.74, 6) is 4.12. The molecule has 80 valence electrons. The highest BCUT2D eigenvalue weighted by molar-refractivity contribution is 6.19. The van der Waals surface area contributed by atoms with E-state index in [4.69, 9.17) is 16.7 Å². The second-order valence-electron chi connectivity index (χ2n) is 2.66. The molecular formula is C10H6ClF3O. The summed E-state index contributed by atoms with van der Waals surface area (Å²) in [6.45, 7) is 0. The topological polar surface area (TPSA) is 20.2 Å². The highest BCUT2D eigenvalue weighted by Gasteiger charge is 2.33. The molecule has 1 nitrogen and oxygen atoms in total. The lowest BCUT2D eigenvalue weighted by atomic mass is 10.1. The predicted octanol–water partition coefficient (Wildman–Crippen LogP) is 3.00. The summed E-state index contributed by atoms with van der Waals surface area (Å²) in [5, 5.41) is 8.95. The van der Waals surface area contributed by atoms with Crippen molar-refractivity contribution in [3.63, 3.8) is 0 Å². The first kappa shape index (κ1) is 11.7. The monoisotopic (exact) mass is 234 g/mol. The van der Waals surface area contributed by atoms with Crippen molar-refractivity contribution < 1.29 is 18.3 Å². The first-order valence-corrected chi connectivity index (χ1v) is 4.43. The Labute approximate surface area is 89.5 Å². The molecule has 0 amide bonds. The van der Waals surface area contributed by atoms with Crippen molar-refractivity contribution >= 4 is 11.6 Å². The molecule has 0 aliphatic carbocycles. The number of halogens is 4. The van der Waals surface area contributed by atoms with Gasteiger partial charge in [-0.25, -0.2) is 0 Å². The number of hydrogen-bond donors (Lipinski definition) is 1. The first-order valence-electron chi connectivity index (χ1n) is 3.90. The minimum atomic E-state index is -4.53. The summed E-state index contributed by atoms with van der Waals surface area (Å²) in [4.78, 5) is 0. The van der Waals surface area contributed by atoms with Gasteiger partial charge in [0.05, 0.1) is 11.4 Å². The van der Waals surface area contributed by atoms with Crippen LogP contribution in [0.2, 0.25) is 0 Å². The predicted molar refractivity (Wildman–Crippen MR) is 50.7 cm³/mol. The van der Waals surface area contributed by atoms with Gasteiger partial charge in [-0.05, 0) is 18.2 Å². The van der Waals surface area contributed by atoms with Crippen LogP contribution in [0.1, 0.15) is 11.1 Å². The molecule has 0 aromatic heterocycles. The lowest BCUT2D eigenvalue weighted by Crippen LogP contribution is -2.07. The average Bonchev–Trinajstić information content (AvgIpc) is 2.14. The molecule has 0 radical (unpaired) electrons. The summed E-state index contributed by atoms with van der Waals surface area (Å²) >= 11 is 5.25. The Morgan fingerprint density at radius 2 is 2.00 bits per heavy atom. The van der Waals surface area contributed by atoms with Crippen molar-refractivity contribution in [3.8, 4) is 17.6 Å². The molecule has 1 aromatic carbocycles. The number of hydrogen-bond acceptors (Lipinski definition) is 1. The van der Waals surface area contributed by atoms with Crippen LogP contribution in [-0.2, 0) is 6.18 Å². The summed E-state index contributed by atoms with van der Waals surface area (Å²) in [6.07, 6.45) is -4.53. The van der Waals surface area contributed by atoms with Crippen LogP contribution in [0.4, 0.5) is 13.2 Å². The molecule has 1 N–H and O–H groups in total. The lowest BCUT2D eigenvalue weighted by Gasteiger charge is -2.09. The van der Waals surface area contributed by atoms with E-state index in [0.717, 1.165) is 12.1 Å². The third kappa shape index (κ3) is 3.07. The minimum Gasteiger partial charge on any atom is -0.508 e. The standard InChI is InChI=1S/C10H6ClF3O/c11-5-1-2-7-3-4-8(15)6-9(7)10(12,13)14/h3-4,6,15H,5H2. The maximum Gasteiger partial charge on any atom is 0.417 e. The Morgan fingerprint density at radius 1 is 1.33 bits per heavy atom. The number of alkyl halides is 4. The van der Waals surface area contributed by atoms with Crippen molar-refractivity contribution in [2.45, 2.75) is 6.18 Å². The maximum atomic E-state index is 12.4. The second-order valence-corrected chi connectivity index (χ2v) is 2.93. The van der Waals surface area contributed by atoms with Crippen molar-refractivity contribution in [2.24, 2.45) is 0 Å².